The number of rotatable bonds is 5. The number of nitrogens with one attached hydrogen (secondary N) is 1. The lowest BCUT2D eigenvalue weighted by molar-refractivity contribution is -0.118. The van der Waals surface area contributed by atoms with Gasteiger partial charge in [0, 0.05) is 62.6 Å². The monoisotopic (exact) mass is 494 g/mol. The number of hydrogen-bond donors (Lipinski definition) is 2. The quantitative estimate of drug-likeness (QED) is 0.661. The lowest BCUT2D eigenvalue weighted by atomic mass is 9.89. The second-order valence-corrected chi connectivity index (χ2v) is 11.2. The Hall–Kier alpha value is -2.26. The van der Waals surface area contributed by atoms with Crippen molar-refractivity contribution in [3.63, 3.8) is 0 Å². The van der Waals surface area contributed by atoms with Crippen LogP contribution in [0.25, 0.3) is 10.8 Å². The molecule has 3 unspecified atom stereocenters. The smallest absolute Gasteiger partial charge is 0.229 e. The molecule has 1 aromatic carbocycles. The number of carbonyl (C=O) groups is 1. The van der Waals surface area contributed by atoms with Crippen LogP contribution in [0.5, 0.6) is 0 Å². The molecule has 2 N–H and O–H groups in total. The maximum absolute atomic E-state index is 12.9. The lowest BCUT2D eigenvalue weighted by Gasteiger charge is -2.47. The van der Waals surface area contributed by atoms with E-state index in [4.69, 9.17) is 9.47 Å². The average molecular weight is 495 g/mol. The molecule has 2 aromatic rings. The van der Waals surface area contributed by atoms with Crippen molar-refractivity contribution in [2.75, 3.05) is 62.8 Å². The van der Waals surface area contributed by atoms with Crippen molar-refractivity contribution in [1.29, 1.82) is 0 Å². The van der Waals surface area contributed by atoms with Gasteiger partial charge in [-0.15, -0.1) is 0 Å². The molecule has 4 fully saturated rings. The van der Waals surface area contributed by atoms with E-state index in [-0.39, 0.29) is 22.8 Å². The second-order valence-electron chi connectivity index (χ2n) is 11.2. The second kappa shape index (κ2) is 9.24. The predicted molar refractivity (Wildman–Crippen MR) is 139 cm³/mol. The standard InChI is InChI=1S/C28H38N4O4/c1-3-28(18-36-17-24(28)33)32-8-6-31(7-9-32)23-13-20-14-25(29-16-21(20)12-19(23)2)30-26(34)22-15-27(22)4-10-35-11-5-27/h12-14,16,22,24,33H,3-11,15,17-18H2,1-2H3,(H,29,30,34). The number of pyridine rings is 1. The summed E-state index contributed by atoms with van der Waals surface area (Å²) in [6.45, 7) is 10.5. The number of benzene rings is 1. The van der Waals surface area contributed by atoms with Crippen molar-refractivity contribution in [3.05, 3.63) is 30.0 Å². The molecule has 36 heavy (non-hydrogen) atoms. The van der Waals surface area contributed by atoms with E-state index >= 15 is 0 Å². The van der Waals surface area contributed by atoms with Gasteiger partial charge >= 0.3 is 0 Å². The van der Waals surface area contributed by atoms with Crippen LogP contribution < -0.4 is 10.2 Å². The highest BCUT2D eigenvalue weighted by Crippen LogP contribution is 2.59. The van der Waals surface area contributed by atoms with Gasteiger partial charge in [-0.25, -0.2) is 4.98 Å². The van der Waals surface area contributed by atoms with Gasteiger partial charge in [-0.05, 0) is 67.2 Å². The van der Waals surface area contributed by atoms with Gasteiger partial charge in [-0.3, -0.25) is 9.69 Å². The number of fused-ring (bicyclic) bond motifs is 1. The Morgan fingerprint density at radius 3 is 2.61 bits per heavy atom. The summed E-state index contributed by atoms with van der Waals surface area (Å²) in [5.74, 6) is 0.801. The van der Waals surface area contributed by atoms with Crippen molar-refractivity contribution < 1.29 is 19.4 Å². The lowest BCUT2D eigenvalue weighted by Crippen LogP contribution is -2.62. The minimum Gasteiger partial charge on any atom is -0.389 e. The largest absolute Gasteiger partial charge is 0.389 e. The van der Waals surface area contributed by atoms with Crippen molar-refractivity contribution >= 4 is 28.2 Å². The molecule has 4 aliphatic rings. The number of aliphatic hydroxyl groups excluding tert-OH is 1. The summed E-state index contributed by atoms with van der Waals surface area (Å²) < 4.78 is 11.1. The molecule has 8 heteroatoms. The molecule has 8 nitrogen and oxygen atoms in total. The highest BCUT2D eigenvalue weighted by Gasteiger charge is 2.58. The molecule has 0 radical (unpaired) electrons. The molecule has 1 saturated carbocycles. The maximum atomic E-state index is 12.9. The Kier molecular flexibility index (Phi) is 6.19. The first-order chi connectivity index (χ1) is 17.4. The Labute approximate surface area is 212 Å². The van der Waals surface area contributed by atoms with E-state index in [1.807, 2.05) is 12.3 Å². The van der Waals surface area contributed by atoms with Crippen LogP contribution in [0.15, 0.2) is 24.4 Å². The van der Waals surface area contributed by atoms with Gasteiger partial charge < -0.3 is 24.8 Å². The molecule has 0 bridgehead atoms. The van der Waals surface area contributed by atoms with Crippen LogP contribution in [0.4, 0.5) is 11.5 Å². The third-order valence-electron chi connectivity index (χ3n) is 9.39. The first-order valence-corrected chi connectivity index (χ1v) is 13.5. The summed E-state index contributed by atoms with van der Waals surface area (Å²) in [6, 6.07) is 6.43. The van der Waals surface area contributed by atoms with Gasteiger partial charge in [0.05, 0.1) is 24.9 Å². The van der Waals surface area contributed by atoms with E-state index in [0.29, 0.717) is 19.0 Å². The van der Waals surface area contributed by atoms with E-state index in [9.17, 15) is 9.90 Å². The average Bonchev–Trinajstić information content (AvgIpc) is 3.45. The van der Waals surface area contributed by atoms with Crippen LogP contribution in [0.2, 0.25) is 0 Å². The molecule has 3 atom stereocenters. The third kappa shape index (κ3) is 4.08. The Morgan fingerprint density at radius 2 is 1.92 bits per heavy atom. The molecule has 194 valence electrons. The van der Waals surface area contributed by atoms with Crippen molar-refractivity contribution in [1.82, 2.24) is 9.88 Å². The van der Waals surface area contributed by atoms with Gasteiger partial charge in [0.1, 0.15) is 5.82 Å². The first kappa shape index (κ1) is 24.1. The fourth-order valence-corrected chi connectivity index (χ4v) is 6.82. The highest BCUT2D eigenvalue weighted by atomic mass is 16.5. The van der Waals surface area contributed by atoms with E-state index in [0.717, 1.165) is 75.8 Å². The summed E-state index contributed by atoms with van der Waals surface area (Å²) in [5.41, 5.74) is 2.35. The number of amides is 1. The van der Waals surface area contributed by atoms with Crippen molar-refractivity contribution in [2.45, 2.75) is 51.2 Å². The van der Waals surface area contributed by atoms with Crippen LogP contribution in [0, 0.1) is 18.3 Å². The SMILES string of the molecule is CCC1(N2CCN(c3cc4cc(NC(=O)C5CC56CCOCC6)ncc4cc3C)CC2)COCC1O. The van der Waals surface area contributed by atoms with Crippen LogP contribution in [0.1, 0.15) is 38.2 Å². The molecule has 3 aliphatic heterocycles. The molecule has 1 spiro atoms. The number of hydrogen-bond acceptors (Lipinski definition) is 7. The van der Waals surface area contributed by atoms with E-state index < -0.39 is 6.10 Å². The van der Waals surface area contributed by atoms with E-state index in [1.165, 1.54) is 11.3 Å². The predicted octanol–water partition coefficient (Wildman–Crippen LogP) is 2.96. The summed E-state index contributed by atoms with van der Waals surface area (Å²) in [7, 11) is 0. The van der Waals surface area contributed by atoms with E-state index in [1.54, 1.807) is 0 Å². The number of nitrogens with zero attached hydrogens (tertiary/aromatic N) is 3. The Balaban J connectivity index is 1.16. The fourth-order valence-electron chi connectivity index (χ4n) is 6.82. The number of aliphatic hydroxyl groups is 1. The molecular weight excluding hydrogens is 456 g/mol. The molecular formula is C28H38N4O4. The number of piperazine rings is 1. The maximum Gasteiger partial charge on any atom is 0.229 e. The molecule has 1 aliphatic carbocycles. The topological polar surface area (TPSA) is 87.2 Å². The number of aromatic nitrogens is 1. The number of aryl methyl sites for hydroxylation is 1. The van der Waals surface area contributed by atoms with Gasteiger partial charge in [0.25, 0.3) is 0 Å². The van der Waals surface area contributed by atoms with Gasteiger partial charge in [-0.1, -0.05) is 6.92 Å². The van der Waals surface area contributed by atoms with Crippen LogP contribution >= 0.6 is 0 Å². The van der Waals surface area contributed by atoms with Gasteiger partial charge in [0.2, 0.25) is 5.91 Å². The fraction of sp³-hybridized carbons (Fsp3) is 0.643. The molecule has 1 amide bonds. The summed E-state index contributed by atoms with van der Waals surface area (Å²) in [6.07, 6.45) is 5.27. The van der Waals surface area contributed by atoms with Crippen LogP contribution in [0.3, 0.4) is 0 Å². The van der Waals surface area contributed by atoms with Crippen LogP contribution in [-0.4, -0.2) is 85.1 Å². The molecule has 6 rings (SSSR count). The zero-order chi connectivity index (χ0) is 24.9. The van der Waals surface area contributed by atoms with Crippen LogP contribution in [-0.2, 0) is 14.3 Å². The number of ether oxygens (including phenoxy) is 2. The summed E-state index contributed by atoms with van der Waals surface area (Å²) in [5, 5.41) is 15.9. The minimum absolute atomic E-state index is 0.0824. The van der Waals surface area contributed by atoms with Gasteiger partial charge in [0.15, 0.2) is 0 Å². The Morgan fingerprint density at radius 1 is 1.14 bits per heavy atom. The van der Waals surface area contributed by atoms with Crippen molar-refractivity contribution in [2.24, 2.45) is 11.3 Å². The van der Waals surface area contributed by atoms with Gasteiger partial charge in [-0.2, -0.15) is 0 Å². The summed E-state index contributed by atoms with van der Waals surface area (Å²) >= 11 is 0. The van der Waals surface area contributed by atoms with E-state index in [2.05, 4.69) is 46.1 Å². The minimum atomic E-state index is -0.422. The first-order valence-electron chi connectivity index (χ1n) is 13.5. The molecule has 1 aromatic heterocycles. The highest BCUT2D eigenvalue weighted by molar-refractivity contribution is 5.97. The third-order valence-corrected chi connectivity index (χ3v) is 9.39. The zero-order valence-electron chi connectivity index (χ0n) is 21.5. The van der Waals surface area contributed by atoms with Crippen molar-refractivity contribution in [3.8, 4) is 0 Å². The number of anilines is 2. The Bertz CT molecular complexity index is 1140. The molecule has 4 heterocycles. The summed E-state index contributed by atoms with van der Waals surface area (Å²) in [4.78, 5) is 22.3. The molecule has 3 saturated heterocycles. The normalized spacial score (nSPS) is 30.1. The zero-order valence-corrected chi connectivity index (χ0v) is 21.5. The number of carbonyl (C=O) groups excluding carboxylic acids is 1.